The summed E-state index contributed by atoms with van der Waals surface area (Å²) in [6, 6.07) is 9.34. The summed E-state index contributed by atoms with van der Waals surface area (Å²) in [5.74, 6) is 3.44. The van der Waals surface area contributed by atoms with Crippen molar-refractivity contribution in [1.82, 2.24) is 4.90 Å². The molecule has 34 heavy (non-hydrogen) atoms. The lowest BCUT2D eigenvalue weighted by molar-refractivity contribution is -0.120. The fourth-order valence-electron chi connectivity index (χ4n) is 4.16. The normalized spacial score (nSPS) is 15.2. The van der Waals surface area contributed by atoms with Crippen LogP contribution in [0.15, 0.2) is 30.3 Å². The van der Waals surface area contributed by atoms with E-state index < -0.39 is 0 Å². The Kier molecular flexibility index (Phi) is 9.27. The monoisotopic (exact) mass is 472 g/mol. The number of nitrogens with one attached hydrogen (secondary N) is 1. The topological polar surface area (TPSA) is 78.5 Å². The molecule has 1 heterocycles. The first-order chi connectivity index (χ1) is 16.5. The Labute approximate surface area is 202 Å². The summed E-state index contributed by atoms with van der Waals surface area (Å²) < 4.78 is 27.2. The van der Waals surface area contributed by atoms with Gasteiger partial charge in [-0.05, 0) is 63.0 Å². The highest BCUT2D eigenvalue weighted by Crippen LogP contribution is 2.36. The van der Waals surface area contributed by atoms with E-state index in [1.54, 1.807) is 28.4 Å². The van der Waals surface area contributed by atoms with Gasteiger partial charge in [0.15, 0.2) is 23.0 Å². The fourth-order valence-corrected chi connectivity index (χ4v) is 4.16. The maximum atomic E-state index is 12.8. The van der Waals surface area contributed by atoms with Gasteiger partial charge in [-0.15, -0.1) is 0 Å². The Hall–Kier alpha value is -3.13. The van der Waals surface area contributed by atoms with Crippen molar-refractivity contribution in [2.75, 3.05) is 60.5 Å². The van der Waals surface area contributed by atoms with Crippen LogP contribution in [0.4, 0.5) is 5.69 Å². The number of benzene rings is 2. The van der Waals surface area contributed by atoms with Crippen LogP contribution in [0.2, 0.25) is 0 Å². The van der Waals surface area contributed by atoms with Crippen LogP contribution in [-0.2, 0) is 11.2 Å². The predicted octanol–water partition coefficient (Wildman–Crippen LogP) is 4.01. The molecule has 1 aliphatic heterocycles. The first-order valence-electron chi connectivity index (χ1n) is 11.6. The van der Waals surface area contributed by atoms with E-state index in [4.69, 9.17) is 23.7 Å². The van der Waals surface area contributed by atoms with Crippen LogP contribution in [0.25, 0.3) is 0 Å². The van der Waals surface area contributed by atoms with Gasteiger partial charge in [-0.25, -0.2) is 0 Å². The Bertz CT molecular complexity index is 965. The molecule has 0 radical (unpaired) electrons. The van der Waals surface area contributed by atoms with Crippen LogP contribution in [0, 0.1) is 5.92 Å². The number of rotatable bonds is 12. The molecule has 0 spiro atoms. The van der Waals surface area contributed by atoms with Crippen LogP contribution >= 0.6 is 0 Å². The van der Waals surface area contributed by atoms with Crippen molar-refractivity contribution in [2.45, 2.75) is 25.7 Å². The minimum Gasteiger partial charge on any atom is -0.493 e. The minimum absolute atomic E-state index is 0.0131. The van der Waals surface area contributed by atoms with Gasteiger partial charge in [0.2, 0.25) is 5.91 Å². The number of fused-ring (bicyclic) bond motifs is 1. The number of amides is 1. The highest BCUT2D eigenvalue weighted by Gasteiger charge is 2.25. The number of hydrogen-bond donors (Lipinski definition) is 1. The predicted molar refractivity (Wildman–Crippen MR) is 132 cm³/mol. The molecule has 1 unspecified atom stereocenters. The molecule has 0 saturated carbocycles. The van der Waals surface area contributed by atoms with Crippen molar-refractivity contribution < 1.29 is 28.5 Å². The van der Waals surface area contributed by atoms with Crippen LogP contribution in [-0.4, -0.2) is 66.0 Å². The van der Waals surface area contributed by atoms with E-state index in [1.807, 2.05) is 30.3 Å². The summed E-state index contributed by atoms with van der Waals surface area (Å²) >= 11 is 0. The Morgan fingerprint density at radius 2 is 1.59 bits per heavy atom. The molecular weight excluding hydrogens is 436 g/mol. The molecule has 1 atom stereocenters. The summed E-state index contributed by atoms with van der Waals surface area (Å²) in [5, 5.41) is 3.08. The Morgan fingerprint density at radius 3 is 2.29 bits per heavy atom. The minimum atomic E-state index is -0.0131. The maximum Gasteiger partial charge on any atom is 0.227 e. The molecule has 8 nitrogen and oxygen atoms in total. The molecule has 1 aliphatic rings. The van der Waals surface area contributed by atoms with Crippen molar-refractivity contribution in [3.05, 3.63) is 35.9 Å². The number of carbonyl (C=O) groups is 1. The van der Waals surface area contributed by atoms with Crippen LogP contribution in [0.3, 0.4) is 0 Å². The lowest BCUT2D eigenvalue weighted by Gasteiger charge is -2.19. The molecule has 0 bridgehead atoms. The third kappa shape index (κ3) is 6.47. The Balaban J connectivity index is 1.43. The van der Waals surface area contributed by atoms with E-state index in [-0.39, 0.29) is 11.8 Å². The van der Waals surface area contributed by atoms with Crippen molar-refractivity contribution in [3.63, 3.8) is 0 Å². The first kappa shape index (κ1) is 25.5. The number of aryl methyl sites for hydroxylation is 1. The van der Waals surface area contributed by atoms with Gasteiger partial charge in [-0.1, -0.05) is 0 Å². The van der Waals surface area contributed by atoms with Crippen LogP contribution < -0.4 is 29.0 Å². The second-order valence-corrected chi connectivity index (χ2v) is 8.40. The number of nitrogens with zero attached hydrogens (tertiary/aromatic N) is 1. The molecule has 1 amide bonds. The van der Waals surface area contributed by atoms with Crippen LogP contribution in [0.1, 0.15) is 24.8 Å². The lowest BCUT2D eigenvalue weighted by atomic mass is 9.95. The molecule has 0 saturated heterocycles. The fraction of sp³-hybridized carbons (Fsp3) is 0.500. The van der Waals surface area contributed by atoms with E-state index in [9.17, 15) is 4.79 Å². The quantitative estimate of drug-likeness (QED) is 0.500. The lowest BCUT2D eigenvalue weighted by Crippen LogP contribution is -2.27. The van der Waals surface area contributed by atoms with E-state index >= 15 is 0 Å². The summed E-state index contributed by atoms with van der Waals surface area (Å²) in [4.78, 5) is 15.0. The summed E-state index contributed by atoms with van der Waals surface area (Å²) in [6.45, 7) is 2.25. The molecule has 8 heteroatoms. The third-order valence-electron chi connectivity index (χ3n) is 6.19. The molecule has 2 aromatic carbocycles. The SMILES string of the molecule is COc1ccc(OCCN(C)CCCC2CCc3cc(OC)c(OC)cc3NC2=O)cc1OC. The smallest absolute Gasteiger partial charge is 0.227 e. The number of methoxy groups -OCH3 is 4. The first-order valence-corrected chi connectivity index (χ1v) is 11.6. The van der Waals surface area contributed by atoms with Gasteiger partial charge in [0, 0.05) is 30.3 Å². The largest absolute Gasteiger partial charge is 0.493 e. The highest BCUT2D eigenvalue weighted by molar-refractivity contribution is 5.94. The average Bonchev–Trinajstić information content (AvgIpc) is 3.00. The maximum absolute atomic E-state index is 12.8. The van der Waals surface area contributed by atoms with Gasteiger partial charge < -0.3 is 33.9 Å². The summed E-state index contributed by atoms with van der Waals surface area (Å²) in [7, 11) is 8.51. The van der Waals surface area contributed by atoms with Crippen molar-refractivity contribution >= 4 is 11.6 Å². The van der Waals surface area contributed by atoms with Gasteiger partial charge in [0.05, 0.1) is 28.4 Å². The van der Waals surface area contributed by atoms with Gasteiger partial charge in [0.1, 0.15) is 12.4 Å². The third-order valence-corrected chi connectivity index (χ3v) is 6.19. The van der Waals surface area contributed by atoms with Gasteiger partial charge in [-0.2, -0.15) is 0 Å². The van der Waals surface area contributed by atoms with Crippen molar-refractivity contribution in [1.29, 1.82) is 0 Å². The number of anilines is 1. The number of carbonyl (C=O) groups excluding carboxylic acids is 1. The van der Waals surface area contributed by atoms with Crippen LogP contribution in [0.5, 0.6) is 28.7 Å². The second-order valence-electron chi connectivity index (χ2n) is 8.40. The zero-order chi connectivity index (χ0) is 24.5. The highest BCUT2D eigenvalue weighted by atomic mass is 16.5. The molecular formula is C26H36N2O6. The van der Waals surface area contributed by atoms with Gasteiger partial charge in [-0.3, -0.25) is 4.79 Å². The van der Waals surface area contributed by atoms with E-state index in [0.717, 1.165) is 55.8 Å². The number of likely N-dealkylation sites (N-methyl/N-ethyl adjacent to an activating group) is 1. The molecule has 1 N–H and O–H groups in total. The molecule has 0 fully saturated rings. The van der Waals surface area contributed by atoms with E-state index in [1.165, 1.54) is 0 Å². The summed E-state index contributed by atoms with van der Waals surface area (Å²) in [5.41, 5.74) is 1.90. The molecule has 0 aromatic heterocycles. The standard InChI is InChI=1S/C26H36N2O6/c1-28(13-14-34-20-10-11-22(30-2)24(16-20)32-4)12-6-7-18-8-9-19-15-23(31-3)25(33-5)17-21(19)27-26(18)29/h10-11,15-18H,6-9,12-14H2,1-5H3,(H,27,29). The van der Waals surface area contributed by atoms with Gasteiger partial charge >= 0.3 is 0 Å². The Morgan fingerprint density at radius 1 is 0.912 bits per heavy atom. The zero-order valence-electron chi connectivity index (χ0n) is 20.8. The molecule has 2 aromatic rings. The zero-order valence-corrected chi connectivity index (χ0v) is 20.8. The number of hydrogen-bond acceptors (Lipinski definition) is 7. The molecule has 3 rings (SSSR count). The van der Waals surface area contributed by atoms with Crippen molar-refractivity contribution in [2.24, 2.45) is 5.92 Å². The molecule has 0 aliphatic carbocycles. The average molecular weight is 473 g/mol. The van der Waals surface area contributed by atoms with E-state index in [2.05, 4.69) is 17.3 Å². The molecule has 186 valence electrons. The summed E-state index contributed by atoms with van der Waals surface area (Å²) in [6.07, 6.45) is 3.43. The van der Waals surface area contributed by atoms with Gasteiger partial charge in [0.25, 0.3) is 0 Å². The second kappa shape index (κ2) is 12.4. The van der Waals surface area contributed by atoms with Crippen molar-refractivity contribution in [3.8, 4) is 28.7 Å². The van der Waals surface area contributed by atoms with E-state index in [0.29, 0.717) is 29.6 Å². The number of ether oxygens (including phenoxy) is 5.